The maximum atomic E-state index is 11.3. The average Bonchev–Trinajstić information content (AvgIpc) is 3.07. The summed E-state index contributed by atoms with van der Waals surface area (Å²) in [5.41, 5.74) is 3.44. The lowest BCUT2D eigenvalue weighted by molar-refractivity contribution is -0.137. The van der Waals surface area contributed by atoms with Crippen molar-refractivity contribution in [1.82, 2.24) is 10.3 Å². The zero-order valence-corrected chi connectivity index (χ0v) is 17.4. The van der Waals surface area contributed by atoms with E-state index in [2.05, 4.69) is 15.6 Å². The van der Waals surface area contributed by atoms with E-state index in [9.17, 15) is 9.90 Å². The van der Waals surface area contributed by atoms with E-state index in [-0.39, 0.29) is 6.42 Å². The number of aliphatic carboxylic acids is 1. The van der Waals surface area contributed by atoms with Crippen LogP contribution in [-0.2, 0) is 4.79 Å². The van der Waals surface area contributed by atoms with Gasteiger partial charge in [0.25, 0.3) is 0 Å². The summed E-state index contributed by atoms with van der Waals surface area (Å²) in [5, 5.41) is 19.3. The summed E-state index contributed by atoms with van der Waals surface area (Å²) < 4.78 is 0. The molecule has 0 saturated carbocycles. The summed E-state index contributed by atoms with van der Waals surface area (Å²) >= 11 is 13.0. The van der Waals surface area contributed by atoms with Gasteiger partial charge in [-0.15, -0.1) is 11.3 Å². The number of benzene rings is 2. The van der Waals surface area contributed by atoms with Gasteiger partial charge in [-0.05, 0) is 49.0 Å². The molecule has 0 amide bonds. The lowest BCUT2D eigenvalue weighted by Crippen LogP contribution is -2.33. The lowest BCUT2D eigenvalue weighted by atomic mass is 10.0. The van der Waals surface area contributed by atoms with E-state index in [4.69, 9.17) is 23.8 Å². The van der Waals surface area contributed by atoms with Gasteiger partial charge in [-0.3, -0.25) is 4.79 Å². The number of carboxylic acid groups (broad SMARTS) is 1. The number of nitrogens with one attached hydrogen (secondary N) is 2. The van der Waals surface area contributed by atoms with Crippen LogP contribution in [0.2, 0.25) is 5.02 Å². The number of nitrogens with zero attached hydrogens (tertiary/aromatic N) is 1. The Balaban J connectivity index is 1.73. The van der Waals surface area contributed by atoms with Crippen LogP contribution in [0.4, 0.5) is 5.69 Å². The monoisotopic (exact) mass is 431 g/mol. The Morgan fingerprint density at radius 2 is 2.07 bits per heavy atom. The van der Waals surface area contributed by atoms with Crippen molar-refractivity contribution in [1.29, 1.82) is 0 Å². The molecule has 0 fully saturated rings. The van der Waals surface area contributed by atoms with Gasteiger partial charge in [0.2, 0.25) is 0 Å². The van der Waals surface area contributed by atoms with E-state index in [1.807, 2.05) is 42.6 Å². The van der Waals surface area contributed by atoms with E-state index in [1.165, 1.54) is 0 Å². The van der Waals surface area contributed by atoms with Crippen molar-refractivity contribution in [3.8, 4) is 11.3 Å². The molecule has 2 aromatic carbocycles. The van der Waals surface area contributed by atoms with Gasteiger partial charge >= 0.3 is 5.97 Å². The Morgan fingerprint density at radius 1 is 1.29 bits per heavy atom. The van der Waals surface area contributed by atoms with Crippen molar-refractivity contribution in [2.75, 3.05) is 5.32 Å². The number of aromatic nitrogens is 1. The Kier molecular flexibility index (Phi) is 6.61. The minimum Gasteiger partial charge on any atom is -0.481 e. The molecule has 0 spiro atoms. The maximum absolute atomic E-state index is 11.3. The number of halogens is 1. The van der Waals surface area contributed by atoms with Gasteiger partial charge in [0.1, 0.15) is 0 Å². The van der Waals surface area contributed by atoms with Gasteiger partial charge in [0, 0.05) is 21.7 Å². The molecule has 0 bridgehead atoms. The highest BCUT2D eigenvalue weighted by Crippen LogP contribution is 2.25. The second-order valence-electron chi connectivity index (χ2n) is 6.14. The van der Waals surface area contributed by atoms with Crippen molar-refractivity contribution < 1.29 is 9.90 Å². The van der Waals surface area contributed by atoms with Gasteiger partial charge in [-0.2, -0.15) is 0 Å². The van der Waals surface area contributed by atoms with Crippen molar-refractivity contribution in [3.05, 3.63) is 69.5 Å². The summed E-state index contributed by atoms with van der Waals surface area (Å²) in [6.45, 7) is 1.97. The highest BCUT2D eigenvalue weighted by Gasteiger charge is 2.17. The first kappa shape index (κ1) is 20.3. The lowest BCUT2D eigenvalue weighted by Gasteiger charge is -2.20. The van der Waals surface area contributed by atoms with Crippen LogP contribution in [0.3, 0.4) is 0 Å². The molecule has 1 aromatic heterocycles. The summed E-state index contributed by atoms with van der Waals surface area (Å²) in [4.78, 5) is 15.8. The summed E-state index contributed by atoms with van der Waals surface area (Å²) in [6, 6.07) is 14.3. The number of thiocarbonyl (C=S) groups is 1. The zero-order valence-electron chi connectivity index (χ0n) is 15.0. The molecule has 28 heavy (non-hydrogen) atoms. The number of anilines is 1. The third-order valence-corrected chi connectivity index (χ3v) is 5.20. The molecule has 0 aliphatic carbocycles. The molecular formula is C20H18ClN3O2S2. The van der Waals surface area contributed by atoms with Crippen molar-refractivity contribution >= 4 is 51.9 Å². The standard InChI is InChI=1S/C20H18ClN3O2S2/c1-12-22-18(11-28-12)14-5-3-7-16(9-14)23-20(27)24-17(10-19(25)26)13-4-2-6-15(21)8-13/h2-9,11,17H,10H2,1H3,(H,25,26)(H2,23,24,27). The van der Waals surface area contributed by atoms with Crippen LogP contribution in [-0.4, -0.2) is 21.2 Å². The molecule has 0 aliphatic rings. The van der Waals surface area contributed by atoms with Crippen molar-refractivity contribution in [2.24, 2.45) is 0 Å². The second kappa shape index (κ2) is 9.14. The van der Waals surface area contributed by atoms with Crippen LogP contribution < -0.4 is 10.6 Å². The quantitative estimate of drug-likeness (QED) is 0.461. The first-order valence-corrected chi connectivity index (χ1v) is 10.1. The van der Waals surface area contributed by atoms with E-state index in [1.54, 1.807) is 29.5 Å². The third-order valence-electron chi connectivity index (χ3n) is 3.97. The first-order valence-electron chi connectivity index (χ1n) is 8.48. The summed E-state index contributed by atoms with van der Waals surface area (Å²) in [6.07, 6.45) is -0.125. The molecule has 1 heterocycles. The molecule has 0 saturated heterocycles. The summed E-state index contributed by atoms with van der Waals surface area (Å²) in [7, 11) is 0. The van der Waals surface area contributed by atoms with E-state index in [0.29, 0.717) is 10.1 Å². The molecule has 0 radical (unpaired) electrons. The number of hydrogen-bond acceptors (Lipinski definition) is 4. The Morgan fingerprint density at radius 3 is 2.75 bits per heavy atom. The smallest absolute Gasteiger partial charge is 0.305 e. The van der Waals surface area contributed by atoms with Gasteiger partial charge in [-0.25, -0.2) is 4.98 Å². The second-order valence-corrected chi connectivity index (χ2v) is 8.04. The highest BCUT2D eigenvalue weighted by molar-refractivity contribution is 7.80. The molecule has 3 N–H and O–H groups in total. The van der Waals surface area contributed by atoms with Crippen LogP contribution in [0.1, 0.15) is 23.0 Å². The largest absolute Gasteiger partial charge is 0.481 e. The molecule has 0 aliphatic heterocycles. The zero-order chi connectivity index (χ0) is 20.1. The molecule has 144 valence electrons. The Labute approximate surface area is 177 Å². The number of aryl methyl sites for hydroxylation is 1. The third kappa shape index (κ3) is 5.51. The predicted molar refractivity (Wildman–Crippen MR) is 118 cm³/mol. The predicted octanol–water partition coefficient (Wildman–Crippen LogP) is 5.27. The molecule has 3 rings (SSSR count). The minimum atomic E-state index is -0.929. The van der Waals surface area contributed by atoms with E-state index in [0.717, 1.165) is 27.5 Å². The van der Waals surface area contributed by atoms with Crippen molar-refractivity contribution in [2.45, 2.75) is 19.4 Å². The first-order chi connectivity index (χ1) is 13.4. The Hall–Kier alpha value is -2.48. The van der Waals surface area contributed by atoms with E-state index >= 15 is 0 Å². The molecule has 5 nitrogen and oxygen atoms in total. The van der Waals surface area contributed by atoms with Crippen molar-refractivity contribution in [3.63, 3.8) is 0 Å². The molecule has 1 atom stereocenters. The topological polar surface area (TPSA) is 74.2 Å². The van der Waals surface area contributed by atoms with Crippen LogP contribution >= 0.6 is 35.2 Å². The number of thiazole rings is 1. The van der Waals surface area contributed by atoms with E-state index < -0.39 is 12.0 Å². The fraction of sp³-hybridized carbons (Fsp3) is 0.150. The van der Waals surface area contributed by atoms with Crippen LogP contribution in [0, 0.1) is 6.92 Å². The van der Waals surface area contributed by atoms with Gasteiger partial charge < -0.3 is 15.7 Å². The summed E-state index contributed by atoms with van der Waals surface area (Å²) in [5.74, 6) is -0.929. The Bertz CT molecular complexity index is 1010. The number of carbonyl (C=O) groups is 1. The molecule has 8 heteroatoms. The molecule has 1 unspecified atom stereocenters. The SMILES string of the molecule is Cc1nc(-c2cccc(NC(=S)NC(CC(=O)O)c3cccc(Cl)c3)c2)cs1. The van der Waals surface area contributed by atoms with Crippen LogP contribution in [0.5, 0.6) is 0 Å². The van der Waals surface area contributed by atoms with Gasteiger partial charge in [0.05, 0.1) is 23.2 Å². The average molecular weight is 432 g/mol. The molecular weight excluding hydrogens is 414 g/mol. The van der Waals surface area contributed by atoms with Gasteiger partial charge in [-0.1, -0.05) is 35.9 Å². The van der Waals surface area contributed by atoms with Crippen LogP contribution in [0.25, 0.3) is 11.3 Å². The molecule has 3 aromatic rings. The maximum Gasteiger partial charge on any atom is 0.305 e. The minimum absolute atomic E-state index is 0.125. The fourth-order valence-electron chi connectivity index (χ4n) is 2.73. The highest BCUT2D eigenvalue weighted by atomic mass is 35.5. The number of carboxylic acids is 1. The fourth-order valence-corrected chi connectivity index (χ4v) is 3.81. The normalized spacial score (nSPS) is 11.6. The van der Waals surface area contributed by atoms with Gasteiger partial charge in [0.15, 0.2) is 5.11 Å². The van der Waals surface area contributed by atoms with Crippen LogP contribution in [0.15, 0.2) is 53.9 Å². The number of hydrogen-bond donors (Lipinski definition) is 3. The number of rotatable bonds is 6.